The molecule has 1 aromatic rings. The van der Waals surface area contributed by atoms with Crippen molar-refractivity contribution in [2.45, 2.75) is 58.8 Å². The lowest BCUT2D eigenvalue weighted by molar-refractivity contribution is -0.133. The average molecular weight is 417 g/mol. The highest BCUT2D eigenvalue weighted by atomic mass is 16.2. The molecule has 1 amide bonds. The molecule has 0 radical (unpaired) electrons. The summed E-state index contributed by atoms with van der Waals surface area (Å²) in [5, 5.41) is 3.34. The van der Waals surface area contributed by atoms with Crippen LogP contribution in [0.3, 0.4) is 0 Å². The largest absolute Gasteiger partial charge is 0.370 e. The smallest absolute Gasteiger partial charge is 0.222 e. The molecule has 3 heterocycles. The number of aromatic nitrogens is 2. The van der Waals surface area contributed by atoms with Gasteiger partial charge in [-0.15, -0.1) is 0 Å². The molecule has 3 rings (SSSR count). The van der Waals surface area contributed by atoms with Crippen LogP contribution in [0.1, 0.15) is 58.8 Å². The Morgan fingerprint density at radius 1 is 1.07 bits per heavy atom. The third-order valence-electron chi connectivity index (χ3n) is 6.47. The lowest BCUT2D eigenvalue weighted by Crippen LogP contribution is -2.48. The number of hydrogen-bond acceptors (Lipinski definition) is 6. The summed E-state index contributed by atoms with van der Waals surface area (Å²) in [6.07, 6.45) is 9.25. The molecule has 7 heteroatoms. The summed E-state index contributed by atoms with van der Waals surface area (Å²) in [6.45, 7) is 12.4. The van der Waals surface area contributed by atoms with Crippen LogP contribution >= 0.6 is 0 Å². The summed E-state index contributed by atoms with van der Waals surface area (Å²) < 4.78 is 0. The summed E-state index contributed by atoms with van der Waals surface area (Å²) in [4.78, 5) is 28.4. The molecule has 2 aliphatic rings. The minimum absolute atomic E-state index is 0.356. The highest BCUT2D eigenvalue weighted by molar-refractivity contribution is 5.76. The summed E-state index contributed by atoms with van der Waals surface area (Å²) in [5.41, 5.74) is 0. The Labute approximate surface area is 182 Å². The maximum Gasteiger partial charge on any atom is 0.222 e. The van der Waals surface area contributed by atoms with E-state index in [-0.39, 0.29) is 0 Å². The van der Waals surface area contributed by atoms with Gasteiger partial charge in [0.1, 0.15) is 18.0 Å². The van der Waals surface area contributed by atoms with Crippen LogP contribution in [0, 0.1) is 5.92 Å². The summed E-state index contributed by atoms with van der Waals surface area (Å²) in [7, 11) is 0. The Balaban J connectivity index is 1.35. The molecule has 1 N–H and O–H groups in total. The lowest BCUT2D eigenvalue weighted by atomic mass is 9.92. The lowest BCUT2D eigenvalue weighted by Gasteiger charge is -2.35. The standard InChI is InChI=1S/C23H40N6O/c1-3-5-11-27-14-16-29(17-15-27)23(30)7-6-20-8-12-28(13-9-20)22-18-21(24-10-4-2)25-19-26-22/h18-20H,3-17H2,1-2H3,(H,24,25,26). The van der Waals surface area contributed by atoms with E-state index in [2.05, 4.69) is 49.9 Å². The van der Waals surface area contributed by atoms with E-state index in [1.165, 1.54) is 19.4 Å². The van der Waals surface area contributed by atoms with E-state index in [1.54, 1.807) is 6.33 Å². The number of unbranched alkanes of at least 4 members (excludes halogenated alkanes) is 1. The number of piperazine rings is 1. The average Bonchev–Trinajstić information content (AvgIpc) is 2.80. The Morgan fingerprint density at radius 2 is 1.83 bits per heavy atom. The summed E-state index contributed by atoms with van der Waals surface area (Å²) in [6, 6.07) is 2.06. The van der Waals surface area contributed by atoms with Crippen LogP contribution in [0.15, 0.2) is 12.4 Å². The first-order chi connectivity index (χ1) is 14.7. The van der Waals surface area contributed by atoms with Gasteiger partial charge >= 0.3 is 0 Å². The van der Waals surface area contributed by atoms with Crippen LogP contribution in [-0.4, -0.2) is 78.0 Å². The minimum Gasteiger partial charge on any atom is -0.370 e. The van der Waals surface area contributed by atoms with Gasteiger partial charge in [-0.2, -0.15) is 0 Å². The maximum atomic E-state index is 12.6. The van der Waals surface area contributed by atoms with Crippen LogP contribution < -0.4 is 10.2 Å². The van der Waals surface area contributed by atoms with Gasteiger partial charge in [0.25, 0.3) is 0 Å². The molecular formula is C23H40N6O. The minimum atomic E-state index is 0.356. The van der Waals surface area contributed by atoms with E-state index in [0.717, 1.165) is 83.1 Å². The Hall–Kier alpha value is -1.89. The normalized spacial score (nSPS) is 18.6. The molecule has 1 aromatic heterocycles. The van der Waals surface area contributed by atoms with E-state index in [9.17, 15) is 4.79 Å². The molecule has 2 saturated heterocycles. The van der Waals surface area contributed by atoms with Gasteiger partial charge in [-0.05, 0) is 44.6 Å². The molecule has 0 aromatic carbocycles. The van der Waals surface area contributed by atoms with Crippen LogP contribution in [0.5, 0.6) is 0 Å². The second-order valence-corrected chi connectivity index (χ2v) is 8.73. The molecule has 0 saturated carbocycles. The third kappa shape index (κ3) is 6.83. The fourth-order valence-electron chi connectivity index (χ4n) is 4.41. The van der Waals surface area contributed by atoms with Crippen molar-refractivity contribution in [1.82, 2.24) is 19.8 Å². The fraction of sp³-hybridized carbons (Fsp3) is 0.783. The van der Waals surface area contributed by atoms with E-state index in [0.29, 0.717) is 18.2 Å². The highest BCUT2D eigenvalue weighted by Crippen LogP contribution is 2.26. The van der Waals surface area contributed by atoms with E-state index >= 15 is 0 Å². The zero-order chi connectivity index (χ0) is 21.2. The molecule has 0 atom stereocenters. The van der Waals surface area contributed by atoms with Crippen molar-refractivity contribution < 1.29 is 4.79 Å². The summed E-state index contributed by atoms with van der Waals surface area (Å²) in [5.74, 6) is 2.93. The highest BCUT2D eigenvalue weighted by Gasteiger charge is 2.24. The number of carbonyl (C=O) groups is 1. The van der Waals surface area contributed by atoms with Gasteiger partial charge in [0.2, 0.25) is 5.91 Å². The predicted molar refractivity (Wildman–Crippen MR) is 123 cm³/mol. The molecular weight excluding hydrogens is 376 g/mol. The molecule has 30 heavy (non-hydrogen) atoms. The molecule has 0 bridgehead atoms. The van der Waals surface area contributed by atoms with E-state index in [1.807, 2.05) is 0 Å². The number of nitrogens with one attached hydrogen (secondary N) is 1. The second-order valence-electron chi connectivity index (χ2n) is 8.73. The number of rotatable bonds is 10. The van der Waals surface area contributed by atoms with Crippen molar-refractivity contribution in [3.63, 3.8) is 0 Å². The number of hydrogen-bond donors (Lipinski definition) is 1. The first-order valence-corrected chi connectivity index (χ1v) is 12.0. The van der Waals surface area contributed by atoms with Crippen molar-refractivity contribution in [2.75, 3.05) is 62.6 Å². The molecule has 0 unspecified atom stereocenters. The molecule has 2 fully saturated rings. The van der Waals surface area contributed by atoms with Crippen molar-refractivity contribution in [3.05, 3.63) is 12.4 Å². The number of nitrogens with zero attached hydrogens (tertiary/aromatic N) is 5. The first kappa shape index (κ1) is 22.8. The van der Waals surface area contributed by atoms with Crippen LogP contribution in [0.25, 0.3) is 0 Å². The Kier molecular flexibility index (Phi) is 9.18. The van der Waals surface area contributed by atoms with E-state index in [4.69, 9.17) is 0 Å². The molecule has 0 spiro atoms. The number of piperidine rings is 1. The van der Waals surface area contributed by atoms with Crippen molar-refractivity contribution in [3.8, 4) is 0 Å². The third-order valence-corrected chi connectivity index (χ3v) is 6.47. The first-order valence-electron chi connectivity index (χ1n) is 12.0. The van der Waals surface area contributed by atoms with Crippen LogP contribution in [-0.2, 0) is 4.79 Å². The van der Waals surface area contributed by atoms with E-state index < -0.39 is 0 Å². The Morgan fingerprint density at radius 3 is 2.53 bits per heavy atom. The second kappa shape index (κ2) is 12.1. The maximum absolute atomic E-state index is 12.6. The SMILES string of the molecule is CCCCN1CCN(C(=O)CCC2CCN(c3cc(NCCC)ncn3)CC2)CC1. The van der Waals surface area contributed by atoms with Gasteiger partial charge in [-0.25, -0.2) is 9.97 Å². The van der Waals surface area contributed by atoms with Gasteiger partial charge in [0, 0.05) is 58.3 Å². The van der Waals surface area contributed by atoms with Crippen molar-refractivity contribution in [2.24, 2.45) is 5.92 Å². The predicted octanol–water partition coefficient (Wildman–Crippen LogP) is 3.24. The number of carbonyl (C=O) groups excluding carboxylic acids is 1. The number of anilines is 2. The van der Waals surface area contributed by atoms with Gasteiger partial charge < -0.3 is 15.1 Å². The monoisotopic (exact) mass is 416 g/mol. The van der Waals surface area contributed by atoms with Crippen molar-refractivity contribution >= 4 is 17.5 Å². The number of amides is 1. The zero-order valence-electron chi connectivity index (χ0n) is 19.0. The fourth-order valence-corrected chi connectivity index (χ4v) is 4.41. The van der Waals surface area contributed by atoms with Gasteiger partial charge in [0.05, 0.1) is 0 Å². The molecule has 7 nitrogen and oxygen atoms in total. The molecule has 2 aliphatic heterocycles. The van der Waals surface area contributed by atoms with Crippen LogP contribution in [0.2, 0.25) is 0 Å². The van der Waals surface area contributed by atoms with Crippen LogP contribution in [0.4, 0.5) is 11.6 Å². The van der Waals surface area contributed by atoms with Gasteiger partial charge in [-0.1, -0.05) is 20.3 Å². The quantitative estimate of drug-likeness (QED) is 0.632. The Bertz CT molecular complexity index is 638. The zero-order valence-corrected chi connectivity index (χ0v) is 19.0. The van der Waals surface area contributed by atoms with Gasteiger partial charge in [0.15, 0.2) is 0 Å². The molecule has 168 valence electrons. The molecule has 0 aliphatic carbocycles. The van der Waals surface area contributed by atoms with Crippen molar-refractivity contribution in [1.29, 1.82) is 0 Å². The topological polar surface area (TPSA) is 64.6 Å². The summed E-state index contributed by atoms with van der Waals surface area (Å²) >= 11 is 0. The van der Waals surface area contributed by atoms with Gasteiger partial charge in [-0.3, -0.25) is 9.69 Å².